The summed E-state index contributed by atoms with van der Waals surface area (Å²) in [7, 11) is 0. The Kier molecular flexibility index (Phi) is 2.18. The van der Waals surface area contributed by atoms with Crippen molar-refractivity contribution in [3.05, 3.63) is 35.7 Å². The van der Waals surface area contributed by atoms with Gasteiger partial charge in [-0.3, -0.25) is 0 Å². The van der Waals surface area contributed by atoms with Gasteiger partial charge in [0.15, 0.2) is 0 Å². The van der Waals surface area contributed by atoms with E-state index < -0.39 is 0 Å². The smallest absolute Gasteiger partial charge is 0.128 e. The number of halogens is 1. The number of nitrogen functional groups attached to an aromatic ring is 1. The summed E-state index contributed by atoms with van der Waals surface area (Å²) >= 11 is 0. The third-order valence-electron chi connectivity index (χ3n) is 1.83. The minimum Gasteiger partial charge on any atom is -0.399 e. The molecule has 0 saturated carbocycles. The SMILES string of the molecule is C=C(C)c1cc(N)cc(F)c1C. The first-order valence-electron chi connectivity index (χ1n) is 3.74. The summed E-state index contributed by atoms with van der Waals surface area (Å²) in [6.07, 6.45) is 0. The molecule has 0 radical (unpaired) electrons. The van der Waals surface area contributed by atoms with Crippen LogP contribution in [-0.2, 0) is 0 Å². The number of allylic oxidation sites excluding steroid dienone is 1. The normalized spacial score (nSPS) is 9.92. The first-order valence-corrected chi connectivity index (χ1v) is 3.74. The fourth-order valence-corrected chi connectivity index (χ4v) is 1.14. The van der Waals surface area contributed by atoms with Gasteiger partial charge in [-0.05, 0) is 37.1 Å². The van der Waals surface area contributed by atoms with Crippen molar-refractivity contribution in [2.24, 2.45) is 0 Å². The van der Waals surface area contributed by atoms with Crippen LogP contribution in [0.25, 0.3) is 5.57 Å². The highest BCUT2D eigenvalue weighted by atomic mass is 19.1. The van der Waals surface area contributed by atoms with E-state index in [9.17, 15) is 4.39 Å². The molecule has 1 nitrogen and oxygen atoms in total. The van der Waals surface area contributed by atoms with Gasteiger partial charge in [-0.1, -0.05) is 12.2 Å². The van der Waals surface area contributed by atoms with Gasteiger partial charge in [0.25, 0.3) is 0 Å². The van der Waals surface area contributed by atoms with E-state index in [1.54, 1.807) is 13.0 Å². The van der Waals surface area contributed by atoms with Gasteiger partial charge in [0.2, 0.25) is 0 Å². The molecule has 0 fully saturated rings. The molecule has 0 spiro atoms. The van der Waals surface area contributed by atoms with Crippen molar-refractivity contribution in [2.75, 3.05) is 5.73 Å². The zero-order valence-corrected chi connectivity index (χ0v) is 7.32. The third kappa shape index (κ3) is 1.47. The molecule has 1 aromatic carbocycles. The molecule has 0 heterocycles. The van der Waals surface area contributed by atoms with E-state index >= 15 is 0 Å². The predicted octanol–water partition coefficient (Wildman–Crippen LogP) is 2.75. The molecule has 2 heteroatoms. The summed E-state index contributed by atoms with van der Waals surface area (Å²) in [5.74, 6) is -0.270. The van der Waals surface area contributed by atoms with Crippen molar-refractivity contribution < 1.29 is 4.39 Å². The second kappa shape index (κ2) is 2.97. The molecule has 0 aliphatic heterocycles. The number of rotatable bonds is 1. The van der Waals surface area contributed by atoms with Crippen LogP contribution in [0.1, 0.15) is 18.1 Å². The quantitative estimate of drug-likeness (QED) is 0.636. The highest BCUT2D eigenvalue weighted by molar-refractivity contribution is 5.67. The Morgan fingerprint density at radius 1 is 1.50 bits per heavy atom. The van der Waals surface area contributed by atoms with Crippen LogP contribution in [0.5, 0.6) is 0 Å². The molecule has 12 heavy (non-hydrogen) atoms. The second-order valence-electron chi connectivity index (χ2n) is 2.96. The lowest BCUT2D eigenvalue weighted by atomic mass is 10.0. The molecular weight excluding hydrogens is 153 g/mol. The van der Waals surface area contributed by atoms with Gasteiger partial charge in [-0.2, -0.15) is 0 Å². The molecule has 0 aromatic heterocycles. The van der Waals surface area contributed by atoms with E-state index in [4.69, 9.17) is 5.73 Å². The topological polar surface area (TPSA) is 26.0 Å². The molecule has 0 amide bonds. The molecule has 1 rings (SSSR count). The molecule has 64 valence electrons. The Bertz CT molecular complexity index is 329. The maximum atomic E-state index is 13.1. The maximum absolute atomic E-state index is 13.1. The second-order valence-corrected chi connectivity index (χ2v) is 2.96. The molecular formula is C10H12FN. The highest BCUT2D eigenvalue weighted by Gasteiger charge is 2.05. The third-order valence-corrected chi connectivity index (χ3v) is 1.83. The van der Waals surface area contributed by atoms with Gasteiger partial charge in [0, 0.05) is 5.69 Å². The Labute approximate surface area is 71.7 Å². The molecule has 0 atom stereocenters. The molecule has 1 aromatic rings. The van der Waals surface area contributed by atoms with Crippen LogP contribution in [0.4, 0.5) is 10.1 Å². The highest BCUT2D eigenvalue weighted by Crippen LogP contribution is 2.22. The molecule has 0 aliphatic carbocycles. The Balaban J connectivity index is 3.37. The van der Waals surface area contributed by atoms with Gasteiger partial charge in [-0.15, -0.1) is 0 Å². The van der Waals surface area contributed by atoms with Crippen LogP contribution in [0.2, 0.25) is 0 Å². The van der Waals surface area contributed by atoms with Crippen LogP contribution in [-0.4, -0.2) is 0 Å². The lowest BCUT2D eigenvalue weighted by molar-refractivity contribution is 0.618. The summed E-state index contributed by atoms with van der Waals surface area (Å²) < 4.78 is 13.1. The van der Waals surface area contributed by atoms with Crippen LogP contribution >= 0.6 is 0 Å². The summed E-state index contributed by atoms with van der Waals surface area (Å²) in [5.41, 5.74) is 8.16. The van der Waals surface area contributed by atoms with E-state index in [2.05, 4.69) is 6.58 Å². The van der Waals surface area contributed by atoms with Crippen LogP contribution in [0.3, 0.4) is 0 Å². The lowest BCUT2D eigenvalue weighted by Crippen LogP contribution is -1.94. The van der Waals surface area contributed by atoms with Gasteiger partial charge < -0.3 is 5.73 Å². The standard InChI is InChI=1S/C10H12FN/c1-6(2)9-4-8(12)5-10(11)7(9)3/h4-5H,1,12H2,2-3H3. The largest absolute Gasteiger partial charge is 0.399 e. The maximum Gasteiger partial charge on any atom is 0.128 e. The van der Waals surface area contributed by atoms with Crippen molar-refractivity contribution in [1.29, 1.82) is 0 Å². The summed E-state index contributed by atoms with van der Waals surface area (Å²) in [5, 5.41) is 0. The molecule has 2 N–H and O–H groups in total. The predicted molar refractivity (Wildman–Crippen MR) is 50.3 cm³/mol. The van der Waals surface area contributed by atoms with Crippen molar-refractivity contribution in [3.8, 4) is 0 Å². The average Bonchev–Trinajstić information content (AvgIpc) is 1.96. The first kappa shape index (κ1) is 8.78. The fourth-order valence-electron chi connectivity index (χ4n) is 1.14. The van der Waals surface area contributed by atoms with Crippen molar-refractivity contribution in [1.82, 2.24) is 0 Å². The number of nitrogens with two attached hydrogens (primary N) is 1. The van der Waals surface area contributed by atoms with E-state index in [0.717, 1.165) is 11.1 Å². The van der Waals surface area contributed by atoms with E-state index in [1.165, 1.54) is 6.07 Å². The van der Waals surface area contributed by atoms with E-state index in [0.29, 0.717) is 11.3 Å². The Morgan fingerprint density at radius 2 is 2.08 bits per heavy atom. The van der Waals surface area contributed by atoms with Crippen LogP contribution in [0.15, 0.2) is 18.7 Å². The number of hydrogen-bond acceptors (Lipinski definition) is 1. The first-order chi connectivity index (χ1) is 5.52. The van der Waals surface area contributed by atoms with Gasteiger partial charge in [0.1, 0.15) is 5.82 Å². The zero-order chi connectivity index (χ0) is 9.30. The summed E-state index contributed by atoms with van der Waals surface area (Å²) in [6, 6.07) is 3.06. The summed E-state index contributed by atoms with van der Waals surface area (Å²) in [4.78, 5) is 0. The Hall–Kier alpha value is -1.31. The van der Waals surface area contributed by atoms with Crippen molar-refractivity contribution >= 4 is 11.3 Å². The van der Waals surface area contributed by atoms with Crippen molar-refractivity contribution in [3.63, 3.8) is 0 Å². The van der Waals surface area contributed by atoms with Crippen molar-refractivity contribution in [2.45, 2.75) is 13.8 Å². The van der Waals surface area contributed by atoms with E-state index in [1.807, 2.05) is 6.92 Å². The minimum absolute atomic E-state index is 0.270. The van der Waals surface area contributed by atoms with Gasteiger partial charge in [-0.25, -0.2) is 4.39 Å². The number of benzene rings is 1. The van der Waals surface area contributed by atoms with Crippen LogP contribution < -0.4 is 5.73 Å². The average molecular weight is 165 g/mol. The molecule has 0 bridgehead atoms. The molecule has 0 unspecified atom stereocenters. The minimum atomic E-state index is -0.270. The number of hydrogen-bond donors (Lipinski definition) is 1. The summed E-state index contributed by atoms with van der Waals surface area (Å²) in [6.45, 7) is 7.30. The zero-order valence-electron chi connectivity index (χ0n) is 7.32. The van der Waals surface area contributed by atoms with E-state index in [-0.39, 0.29) is 5.82 Å². The Morgan fingerprint density at radius 3 is 2.58 bits per heavy atom. The lowest BCUT2D eigenvalue weighted by Gasteiger charge is -2.07. The molecule has 0 saturated heterocycles. The fraction of sp³-hybridized carbons (Fsp3) is 0.200. The number of anilines is 1. The van der Waals surface area contributed by atoms with Gasteiger partial charge in [0.05, 0.1) is 0 Å². The monoisotopic (exact) mass is 165 g/mol. The van der Waals surface area contributed by atoms with Crippen LogP contribution in [0, 0.1) is 12.7 Å². The molecule has 0 aliphatic rings. The van der Waals surface area contributed by atoms with Gasteiger partial charge >= 0.3 is 0 Å².